The van der Waals surface area contributed by atoms with Gasteiger partial charge in [0.15, 0.2) is 23.2 Å². The second-order valence-corrected chi connectivity index (χ2v) is 12.1. The zero-order valence-corrected chi connectivity index (χ0v) is 24.7. The lowest BCUT2D eigenvalue weighted by atomic mass is 9.91. The smallest absolute Gasteiger partial charge is 0.214 e. The van der Waals surface area contributed by atoms with Gasteiger partial charge in [0.2, 0.25) is 10.0 Å². The molecular formula is C29H36N6O7S. The maximum atomic E-state index is 12.5. The molecule has 2 aromatic heterocycles. The van der Waals surface area contributed by atoms with Crippen LogP contribution < -0.4 is 10.0 Å². The number of aromatic nitrogens is 4. The lowest BCUT2D eigenvalue weighted by Gasteiger charge is -2.20. The average Bonchev–Trinajstić information content (AvgIpc) is 3.57. The van der Waals surface area contributed by atoms with E-state index < -0.39 is 34.6 Å². The number of methoxy groups -OCH3 is 2. The Labute approximate surface area is 249 Å². The maximum absolute atomic E-state index is 12.5. The number of benzene rings is 2. The summed E-state index contributed by atoms with van der Waals surface area (Å²) < 4.78 is 44.9. The largest absolute Gasteiger partial charge is 0.387 e. The number of rotatable bonds is 14. The second kappa shape index (κ2) is 13.9. The molecule has 13 nitrogen and oxygen atoms in total. The number of aliphatic hydroxyl groups is 2. The number of fused-ring (bicyclic) bond motifs is 1. The molecule has 0 amide bonds. The van der Waals surface area contributed by atoms with Crippen molar-refractivity contribution in [2.75, 3.05) is 45.0 Å². The first-order valence-corrected chi connectivity index (χ1v) is 15.5. The van der Waals surface area contributed by atoms with Crippen molar-refractivity contribution in [1.29, 1.82) is 0 Å². The summed E-state index contributed by atoms with van der Waals surface area (Å²) in [4.78, 5) is 13.7. The molecule has 230 valence electrons. The number of sulfonamides is 1. The number of nitrogens with zero attached hydrogens (tertiary/aromatic N) is 4. The molecule has 2 aromatic carbocycles. The van der Waals surface area contributed by atoms with E-state index in [4.69, 9.17) is 14.2 Å². The standard InChI is InChI=1S/C29H36N6O7S/c1-40-13-14-43(38,39)32-16-23-33-27(30-15-21(19-9-5-3-6-10-19)20-11-7-4-8-12-20)24-28(34-23)35(18-31-24)29-26(37)25(36)22(42-29)17-41-2/h3-12,18,21-22,25-26,29,32,36-37H,13-17H2,1-2H3,(H,30,33,34)/t22-,25-,26+,29-/m1/s1. The summed E-state index contributed by atoms with van der Waals surface area (Å²) in [6, 6.07) is 20.1. The van der Waals surface area contributed by atoms with Gasteiger partial charge in [0, 0.05) is 26.7 Å². The molecule has 0 unspecified atom stereocenters. The Morgan fingerprint density at radius 1 is 0.977 bits per heavy atom. The zero-order chi connectivity index (χ0) is 30.4. The van der Waals surface area contributed by atoms with Crippen LogP contribution in [-0.4, -0.2) is 96.2 Å². The van der Waals surface area contributed by atoms with E-state index in [2.05, 4.69) is 49.3 Å². The molecule has 5 rings (SSSR count). The third kappa shape index (κ3) is 7.18. The number of imidazole rings is 1. The number of ether oxygens (including phenoxy) is 3. The van der Waals surface area contributed by atoms with Gasteiger partial charge in [-0.15, -0.1) is 0 Å². The van der Waals surface area contributed by atoms with Crippen LogP contribution in [0.25, 0.3) is 11.2 Å². The number of nitrogens with one attached hydrogen (secondary N) is 2. The quantitative estimate of drug-likeness (QED) is 0.162. The van der Waals surface area contributed by atoms with Gasteiger partial charge in [0.25, 0.3) is 0 Å². The van der Waals surface area contributed by atoms with Crippen LogP contribution in [0, 0.1) is 0 Å². The molecule has 4 aromatic rings. The fourth-order valence-corrected chi connectivity index (χ4v) is 5.93. The molecule has 4 N–H and O–H groups in total. The van der Waals surface area contributed by atoms with Crippen molar-refractivity contribution < 1.29 is 32.8 Å². The third-order valence-corrected chi connectivity index (χ3v) is 8.58. The maximum Gasteiger partial charge on any atom is 0.214 e. The van der Waals surface area contributed by atoms with Gasteiger partial charge >= 0.3 is 0 Å². The molecule has 3 heterocycles. The van der Waals surface area contributed by atoms with Crippen molar-refractivity contribution in [2.45, 2.75) is 37.0 Å². The predicted molar refractivity (Wildman–Crippen MR) is 159 cm³/mol. The van der Waals surface area contributed by atoms with Gasteiger partial charge in [-0.25, -0.2) is 28.1 Å². The Morgan fingerprint density at radius 2 is 1.65 bits per heavy atom. The Balaban J connectivity index is 1.50. The molecule has 0 saturated carbocycles. The Kier molecular flexibility index (Phi) is 9.97. The van der Waals surface area contributed by atoms with E-state index in [1.54, 1.807) is 0 Å². The fourth-order valence-electron chi connectivity index (χ4n) is 5.05. The third-order valence-electron chi connectivity index (χ3n) is 7.29. The van der Waals surface area contributed by atoms with Crippen molar-refractivity contribution in [3.8, 4) is 0 Å². The van der Waals surface area contributed by atoms with Crippen LogP contribution in [0.4, 0.5) is 5.82 Å². The lowest BCUT2D eigenvalue weighted by molar-refractivity contribution is -0.0580. The minimum absolute atomic E-state index is 0.0320. The first-order valence-electron chi connectivity index (χ1n) is 13.8. The van der Waals surface area contributed by atoms with Crippen molar-refractivity contribution in [1.82, 2.24) is 24.2 Å². The average molecular weight is 613 g/mol. The van der Waals surface area contributed by atoms with E-state index in [0.29, 0.717) is 23.5 Å². The first kappa shape index (κ1) is 30.9. The topological polar surface area (TPSA) is 170 Å². The molecule has 14 heteroatoms. The molecule has 43 heavy (non-hydrogen) atoms. The molecule has 4 atom stereocenters. The van der Waals surface area contributed by atoms with Gasteiger partial charge < -0.3 is 29.7 Å². The Bertz CT molecular complexity index is 1550. The van der Waals surface area contributed by atoms with Crippen molar-refractivity contribution in [3.63, 3.8) is 0 Å². The van der Waals surface area contributed by atoms with Crippen LogP contribution in [0.5, 0.6) is 0 Å². The highest BCUT2D eigenvalue weighted by atomic mass is 32.2. The molecule has 0 radical (unpaired) electrons. The Hall–Kier alpha value is -3.50. The van der Waals surface area contributed by atoms with E-state index >= 15 is 0 Å². The molecule has 1 aliphatic heterocycles. The van der Waals surface area contributed by atoms with Gasteiger partial charge in [-0.1, -0.05) is 60.7 Å². The summed E-state index contributed by atoms with van der Waals surface area (Å²) in [5, 5.41) is 24.7. The Morgan fingerprint density at radius 3 is 2.28 bits per heavy atom. The summed E-state index contributed by atoms with van der Waals surface area (Å²) in [5.41, 5.74) is 2.90. The predicted octanol–water partition coefficient (Wildman–Crippen LogP) is 1.40. The number of hydrogen-bond donors (Lipinski definition) is 4. The summed E-state index contributed by atoms with van der Waals surface area (Å²) >= 11 is 0. The van der Waals surface area contributed by atoms with Gasteiger partial charge in [-0.05, 0) is 11.1 Å². The first-order chi connectivity index (χ1) is 20.8. The highest BCUT2D eigenvalue weighted by molar-refractivity contribution is 7.89. The molecule has 0 spiro atoms. The molecule has 1 fully saturated rings. The lowest BCUT2D eigenvalue weighted by Crippen LogP contribution is -2.33. The van der Waals surface area contributed by atoms with Crippen LogP contribution in [0.1, 0.15) is 29.1 Å². The normalized spacial score (nSPS) is 20.7. The van der Waals surface area contributed by atoms with Gasteiger partial charge in [-0.3, -0.25) is 4.57 Å². The molecule has 0 aliphatic carbocycles. The molecular weight excluding hydrogens is 576 g/mol. The van der Waals surface area contributed by atoms with Gasteiger partial charge in [-0.2, -0.15) is 0 Å². The second-order valence-electron chi connectivity index (χ2n) is 10.2. The summed E-state index contributed by atoms with van der Waals surface area (Å²) in [7, 11) is -0.751. The summed E-state index contributed by atoms with van der Waals surface area (Å²) in [6.45, 7) is 0.379. The van der Waals surface area contributed by atoms with E-state index in [1.165, 1.54) is 25.1 Å². The summed E-state index contributed by atoms with van der Waals surface area (Å²) in [5.74, 6) is 0.310. The molecule has 0 bridgehead atoms. The molecule has 1 saturated heterocycles. The van der Waals surface area contributed by atoms with E-state index in [-0.39, 0.29) is 37.3 Å². The number of aliphatic hydroxyl groups excluding tert-OH is 2. The van der Waals surface area contributed by atoms with Crippen LogP contribution in [-0.2, 0) is 30.8 Å². The van der Waals surface area contributed by atoms with Crippen LogP contribution >= 0.6 is 0 Å². The number of hydrogen-bond acceptors (Lipinski definition) is 11. The monoisotopic (exact) mass is 612 g/mol. The van der Waals surface area contributed by atoms with Gasteiger partial charge in [0.05, 0.1) is 31.8 Å². The SMILES string of the molecule is COCCS(=O)(=O)NCc1nc(NCC(c2ccccc2)c2ccccc2)c2ncn([C@@H]3O[C@H](COC)[C@@H](O)[C@@H]3O)c2n1. The van der Waals surface area contributed by atoms with Crippen molar-refractivity contribution >= 4 is 27.0 Å². The fraction of sp³-hybridized carbons (Fsp3) is 0.414. The van der Waals surface area contributed by atoms with Crippen LogP contribution in [0.15, 0.2) is 67.0 Å². The summed E-state index contributed by atoms with van der Waals surface area (Å²) in [6.07, 6.45) is -2.77. The van der Waals surface area contributed by atoms with Crippen molar-refractivity contribution in [3.05, 3.63) is 83.9 Å². The highest BCUT2D eigenvalue weighted by Gasteiger charge is 2.44. The van der Waals surface area contributed by atoms with Gasteiger partial charge in [0.1, 0.15) is 24.1 Å². The van der Waals surface area contributed by atoms with Crippen LogP contribution in [0.2, 0.25) is 0 Å². The number of anilines is 1. The zero-order valence-electron chi connectivity index (χ0n) is 23.9. The minimum Gasteiger partial charge on any atom is -0.387 e. The van der Waals surface area contributed by atoms with Crippen LogP contribution in [0.3, 0.4) is 0 Å². The van der Waals surface area contributed by atoms with E-state index in [9.17, 15) is 18.6 Å². The van der Waals surface area contributed by atoms with Crippen molar-refractivity contribution in [2.24, 2.45) is 0 Å². The van der Waals surface area contributed by atoms with E-state index in [0.717, 1.165) is 11.1 Å². The van der Waals surface area contributed by atoms with E-state index in [1.807, 2.05) is 36.4 Å². The minimum atomic E-state index is -3.66. The molecule has 1 aliphatic rings. The highest BCUT2D eigenvalue weighted by Crippen LogP contribution is 2.33.